The summed E-state index contributed by atoms with van der Waals surface area (Å²) in [5.41, 5.74) is 8.36. The van der Waals surface area contributed by atoms with Crippen LogP contribution in [0.2, 0.25) is 0 Å². The molecule has 0 saturated carbocycles. The van der Waals surface area contributed by atoms with Crippen molar-refractivity contribution in [2.75, 3.05) is 12.0 Å². The molecule has 0 aromatic heterocycles. The van der Waals surface area contributed by atoms with Crippen molar-refractivity contribution in [3.05, 3.63) is 47.5 Å². The molecule has 0 unspecified atom stereocenters. The van der Waals surface area contributed by atoms with Crippen LogP contribution in [0.25, 0.3) is 12.2 Å². The lowest BCUT2D eigenvalue weighted by molar-refractivity contribution is -0.131. The Morgan fingerprint density at radius 2 is 1.50 bits per heavy atom. The number of nitrogens with zero attached hydrogens (tertiary/aromatic N) is 1. The molecule has 0 radical (unpaired) electrons. The van der Waals surface area contributed by atoms with Crippen molar-refractivity contribution in [3.8, 4) is 11.5 Å². The van der Waals surface area contributed by atoms with E-state index in [-0.39, 0.29) is 0 Å². The van der Waals surface area contributed by atoms with Gasteiger partial charge in [-0.1, -0.05) is 12.2 Å². The topological polar surface area (TPSA) is 81.9 Å². The fourth-order valence-electron chi connectivity index (χ4n) is 2.64. The van der Waals surface area contributed by atoms with E-state index in [1.54, 1.807) is 37.4 Å². The number of benzene rings is 2. The fourth-order valence-corrected chi connectivity index (χ4v) is 2.64. The second-order valence-electron chi connectivity index (χ2n) is 5.25. The minimum Gasteiger partial charge on any atom is -0.497 e. The smallest absolute Gasteiger partial charge is 0.323 e. The summed E-state index contributed by atoms with van der Waals surface area (Å²) in [5, 5.41) is 0. The highest BCUT2D eigenvalue weighted by atomic mass is 16.5. The van der Waals surface area contributed by atoms with Gasteiger partial charge in [-0.2, -0.15) is 0 Å². The summed E-state index contributed by atoms with van der Waals surface area (Å²) in [6, 6.07) is 9.76. The lowest BCUT2D eigenvalue weighted by Crippen LogP contribution is -2.32. The maximum absolute atomic E-state index is 12.1. The molecule has 122 valence electrons. The van der Waals surface area contributed by atoms with E-state index in [1.165, 1.54) is 11.8 Å². The largest absolute Gasteiger partial charge is 0.497 e. The van der Waals surface area contributed by atoms with Crippen LogP contribution in [0.4, 0.5) is 16.2 Å². The first kappa shape index (κ1) is 15.6. The molecule has 3 rings (SSSR count). The van der Waals surface area contributed by atoms with Crippen molar-refractivity contribution in [1.29, 1.82) is 0 Å². The van der Waals surface area contributed by atoms with Gasteiger partial charge in [-0.15, -0.1) is 0 Å². The average Bonchev–Trinajstić information content (AvgIpc) is 2.70. The maximum atomic E-state index is 12.1. The Kier molecular flexibility index (Phi) is 3.95. The van der Waals surface area contributed by atoms with Crippen molar-refractivity contribution >= 4 is 35.5 Å². The molecule has 2 amide bonds. The molecule has 2 aromatic rings. The summed E-state index contributed by atoms with van der Waals surface area (Å²) < 4.78 is 10.3. The van der Waals surface area contributed by atoms with Crippen molar-refractivity contribution in [2.24, 2.45) is 5.73 Å². The van der Waals surface area contributed by atoms with Gasteiger partial charge in [0.1, 0.15) is 11.5 Å². The summed E-state index contributed by atoms with van der Waals surface area (Å²) in [4.78, 5) is 24.6. The molecule has 1 aliphatic heterocycles. The Balaban J connectivity index is 2.16. The number of carbonyl (C=O) groups excluding carboxylic acids is 2. The number of urea groups is 1. The van der Waals surface area contributed by atoms with Crippen LogP contribution in [0, 0.1) is 0 Å². The highest BCUT2D eigenvalue weighted by molar-refractivity contribution is 6.05. The molecule has 0 atom stereocenters. The molecule has 0 aliphatic carbocycles. The number of hydrogen-bond donors (Lipinski definition) is 1. The Morgan fingerprint density at radius 3 is 2.00 bits per heavy atom. The standard InChI is InChI=1S/C18H16N2O4/c1-11(21)24-15-6-8-17-13(10-15)4-3-12-9-14(23-2)5-7-16(12)20(17)18(19)22/h3-10H,1-2H3,(H2,19,22). The molecular formula is C18H16N2O4. The number of ether oxygens (including phenoxy) is 2. The first-order valence-corrected chi connectivity index (χ1v) is 7.28. The molecule has 6 nitrogen and oxygen atoms in total. The SMILES string of the molecule is COc1ccc2c(c1)C=Cc1cc(OC(C)=O)ccc1N2C(N)=O. The average molecular weight is 324 g/mol. The highest BCUT2D eigenvalue weighted by Crippen LogP contribution is 2.39. The molecule has 0 fully saturated rings. The van der Waals surface area contributed by atoms with Crippen LogP contribution in [0.15, 0.2) is 36.4 Å². The zero-order valence-corrected chi connectivity index (χ0v) is 13.3. The zero-order valence-electron chi connectivity index (χ0n) is 13.3. The predicted octanol–water partition coefficient (Wildman–Crippen LogP) is 3.32. The lowest BCUT2D eigenvalue weighted by atomic mass is 10.1. The minimum atomic E-state index is -0.605. The summed E-state index contributed by atoms with van der Waals surface area (Å²) in [6.07, 6.45) is 3.70. The Morgan fingerprint density at radius 1 is 0.958 bits per heavy atom. The number of rotatable bonds is 2. The van der Waals surface area contributed by atoms with Crippen LogP contribution in [0.1, 0.15) is 18.1 Å². The molecule has 1 aliphatic rings. The van der Waals surface area contributed by atoms with Crippen LogP contribution in [-0.2, 0) is 4.79 Å². The van der Waals surface area contributed by atoms with Crippen LogP contribution in [-0.4, -0.2) is 19.1 Å². The van der Waals surface area contributed by atoms with Crippen LogP contribution < -0.4 is 20.1 Å². The monoisotopic (exact) mass is 324 g/mol. The number of primary amides is 1. The van der Waals surface area contributed by atoms with Crippen molar-refractivity contribution in [2.45, 2.75) is 6.92 Å². The number of methoxy groups -OCH3 is 1. The van der Waals surface area contributed by atoms with Crippen molar-refractivity contribution in [1.82, 2.24) is 0 Å². The molecular weight excluding hydrogens is 308 g/mol. The van der Waals surface area contributed by atoms with Gasteiger partial charge >= 0.3 is 12.0 Å². The molecule has 0 spiro atoms. The third kappa shape index (κ3) is 2.81. The Hall–Kier alpha value is -3.28. The normalized spacial score (nSPS) is 12.0. The number of fused-ring (bicyclic) bond motifs is 2. The third-order valence-corrected chi connectivity index (χ3v) is 3.64. The number of amides is 2. The van der Waals surface area contributed by atoms with E-state index in [1.807, 2.05) is 18.2 Å². The molecule has 2 N–H and O–H groups in total. The summed E-state index contributed by atoms with van der Waals surface area (Å²) in [7, 11) is 1.58. The molecule has 6 heteroatoms. The van der Waals surface area contributed by atoms with E-state index in [9.17, 15) is 9.59 Å². The Labute approximate surface area is 139 Å². The van der Waals surface area contributed by atoms with Gasteiger partial charge in [0.2, 0.25) is 0 Å². The second kappa shape index (κ2) is 6.08. The van der Waals surface area contributed by atoms with Gasteiger partial charge < -0.3 is 15.2 Å². The molecule has 2 aromatic carbocycles. The van der Waals surface area contributed by atoms with Crippen LogP contribution in [0.5, 0.6) is 11.5 Å². The van der Waals surface area contributed by atoms with Gasteiger partial charge in [0, 0.05) is 18.1 Å². The van der Waals surface area contributed by atoms with Gasteiger partial charge in [-0.3, -0.25) is 9.69 Å². The van der Waals surface area contributed by atoms with Crippen molar-refractivity contribution < 1.29 is 19.1 Å². The van der Waals surface area contributed by atoms with Crippen LogP contribution >= 0.6 is 0 Å². The van der Waals surface area contributed by atoms with Crippen LogP contribution in [0.3, 0.4) is 0 Å². The molecule has 24 heavy (non-hydrogen) atoms. The molecule has 0 saturated heterocycles. The summed E-state index contributed by atoms with van der Waals surface area (Å²) in [5.74, 6) is 0.667. The van der Waals surface area contributed by atoms with E-state index in [0.29, 0.717) is 28.4 Å². The van der Waals surface area contributed by atoms with Gasteiger partial charge in [0.05, 0.1) is 18.5 Å². The van der Waals surface area contributed by atoms with E-state index < -0.39 is 12.0 Å². The third-order valence-electron chi connectivity index (χ3n) is 3.64. The predicted molar refractivity (Wildman–Crippen MR) is 91.4 cm³/mol. The summed E-state index contributed by atoms with van der Waals surface area (Å²) >= 11 is 0. The highest BCUT2D eigenvalue weighted by Gasteiger charge is 2.23. The minimum absolute atomic E-state index is 0.402. The van der Waals surface area contributed by atoms with Gasteiger partial charge in [-0.05, 0) is 36.4 Å². The van der Waals surface area contributed by atoms with Gasteiger partial charge in [0.25, 0.3) is 0 Å². The lowest BCUT2D eigenvalue weighted by Gasteiger charge is -2.23. The number of carbonyl (C=O) groups is 2. The quantitative estimate of drug-likeness (QED) is 0.678. The zero-order chi connectivity index (χ0) is 17.3. The fraction of sp³-hybridized carbons (Fsp3) is 0.111. The first-order chi connectivity index (χ1) is 11.5. The van der Waals surface area contributed by atoms with E-state index >= 15 is 0 Å². The van der Waals surface area contributed by atoms with E-state index in [4.69, 9.17) is 15.2 Å². The molecule has 1 heterocycles. The number of esters is 1. The Bertz CT molecular complexity index is 858. The van der Waals surface area contributed by atoms with E-state index in [2.05, 4.69) is 0 Å². The number of hydrogen-bond acceptors (Lipinski definition) is 4. The summed E-state index contributed by atoms with van der Waals surface area (Å²) in [6.45, 7) is 1.33. The first-order valence-electron chi connectivity index (χ1n) is 7.28. The second-order valence-corrected chi connectivity index (χ2v) is 5.25. The van der Waals surface area contributed by atoms with E-state index in [0.717, 1.165) is 5.56 Å². The van der Waals surface area contributed by atoms with Crippen molar-refractivity contribution in [3.63, 3.8) is 0 Å². The molecule has 0 bridgehead atoms. The van der Waals surface area contributed by atoms with Gasteiger partial charge in [-0.25, -0.2) is 4.79 Å². The number of nitrogens with two attached hydrogens (primary N) is 1. The number of anilines is 2. The van der Waals surface area contributed by atoms with Gasteiger partial charge in [0.15, 0.2) is 0 Å². The maximum Gasteiger partial charge on any atom is 0.323 e.